The average Bonchev–Trinajstić information content (AvgIpc) is 3.21. The van der Waals surface area contributed by atoms with Crippen molar-refractivity contribution < 1.29 is 14.3 Å². The number of carbonyl (C=O) groups excluding carboxylic acids is 1. The van der Waals surface area contributed by atoms with Crippen molar-refractivity contribution in [3.05, 3.63) is 66.7 Å². The SMILES string of the molecule is C=CCOc1ccc(/C=N\NC(=O)Cn2nnc(-c3ccccc3)n2)cc1OC. The van der Waals surface area contributed by atoms with Crippen molar-refractivity contribution in [1.29, 1.82) is 0 Å². The standard InChI is InChI=1S/C20H20N6O3/c1-3-11-29-17-10-9-15(12-18(17)28-2)13-21-22-19(27)14-26-24-20(23-25-26)16-7-5-4-6-8-16/h3-10,12-13H,1,11,14H2,2H3,(H,22,27)/b21-13-. The minimum Gasteiger partial charge on any atom is -0.493 e. The number of hydrogen-bond donors (Lipinski definition) is 1. The molecule has 3 aromatic rings. The molecule has 0 atom stereocenters. The van der Waals surface area contributed by atoms with E-state index >= 15 is 0 Å². The van der Waals surface area contributed by atoms with Crippen molar-refractivity contribution in [2.24, 2.45) is 5.10 Å². The van der Waals surface area contributed by atoms with Crippen LogP contribution < -0.4 is 14.9 Å². The average molecular weight is 392 g/mol. The Bertz CT molecular complexity index is 1000. The lowest BCUT2D eigenvalue weighted by Gasteiger charge is -2.09. The number of hydrogen-bond acceptors (Lipinski definition) is 7. The molecule has 148 valence electrons. The first-order valence-corrected chi connectivity index (χ1v) is 8.76. The minimum atomic E-state index is -0.379. The Morgan fingerprint density at radius 2 is 2.07 bits per heavy atom. The van der Waals surface area contributed by atoms with Gasteiger partial charge >= 0.3 is 0 Å². The van der Waals surface area contributed by atoms with E-state index in [-0.39, 0.29) is 12.5 Å². The van der Waals surface area contributed by atoms with Crippen LogP contribution in [0, 0.1) is 0 Å². The summed E-state index contributed by atoms with van der Waals surface area (Å²) in [5.41, 5.74) is 3.99. The van der Waals surface area contributed by atoms with Gasteiger partial charge in [-0.2, -0.15) is 9.90 Å². The maximum absolute atomic E-state index is 12.0. The Balaban J connectivity index is 1.56. The second-order valence-corrected chi connectivity index (χ2v) is 5.81. The molecule has 3 rings (SSSR count). The number of aromatic nitrogens is 4. The number of hydrazone groups is 1. The number of amides is 1. The number of rotatable bonds is 9. The van der Waals surface area contributed by atoms with Gasteiger partial charge in [0, 0.05) is 5.56 Å². The number of tetrazole rings is 1. The van der Waals surface area contributed by atoms with E-state index in [1.807, 2.05) is 30.3 Å². The maximum atomic E-state index is 12.0. The fraction of sp³-hybridized carbons (Fsp3) is 0.150. The third-order valence-electron chi connectivity index (χ3n) is 3.72. The highest BCUT2D eigenvalue weighted by Gasteiger charge is 2.09. The van der Waals surface area contributed by atoms with Crippen LogP contribution in [-0.4, -0.2) is 46.0 Å². The third kappa shape index (κ3) is 5.48. The molecular formula is C20H20N6O3. The van der Waals surface area contributed by atoms with Gasteiger partial charge in [0.15, 0.2) is 11.5 Å². The van der Waals surface area contributed by atoms with Crippen LogP contribution >= 0.6 is 0 Å². The molecule has 0 aliphatic rings. The molecular weight excluding hydrogens is 372 g/mol. The monoisotopic (exact) mass is 392 g/mol. The number of carbonyl (C=O) groups is 1. The molecule has 1 heterocycles. The Labute approximate surface area is 167 Å². The van der Waals surface area contributed by atoms with Crippen LogP contribution in [0.2, 0.25) is 0 Å². The van der Waals surface area contributed by atoms with Gasteiger partial charge in [-0.1, -0.05) is 43.0 Å². The summed E-state index contributed by atoms with van der Waals surface area (Å²) < 4.78 is 10.8. The van der Waals surface area contributed by atoms with Crippen molar-refractivity contribution in [3.8, 4) is 22.9 Å². The lowest BCUT2D eigenvalue weighted by atomic mass is 10.2. The van der Waals surface area contributed by atoms with Crippen molar-refractivity contribution >= 4 is 12.1 Å². The first-order valence-electron chi connectivity index (χ1n) is 8.76. The van der Waals surface area contributed by atoms with Crippen LogP contribution in [0.3, 0.4) is 0 Å². The van der Waals surface area contributed by atoms with Gasteiger partial charge in [-0.15, -0.1) is 10.2 Å². The lowest BCUT2D eigenvalue weighted by Crippen LogP contribution is -2.24. The van der Waals surface area contributed by atoms with Crippen LogP contribution in [0.4, 0.5) is 0 Å². The summed E-state index contributed by atoms with van der Waals surface area (Å²) in [4.78, 5) is 13.2. The topological polar surface area (TPSA) is 104 Å². The molecule has 0 saturated carbocycles. The zero-order valence-electron chi connectivity index (χ0n) is 15.9. The normalized spacial score (nSPS) is 10.7. The minimum absolute atomic E-state index is 0.102. The van der Waals surface area contributed by atoms with Gasteiger partial charge in [-0.25, -0.2) is 5.43 Å². The number of ether oxygens (including phenoxy) is 2. The molecule has 0 spiro atoms. The smallest absolute Gasteiger partial charge is 0.263 e. The van der Waals surface area contributed by atoms with Crippen LogP contribution in [0.5, 0.6) is 11.5 Å². The summed E-state index contributed by atoms with van der Waals surface area (Å²) in [6.07, 6.45) is 3.15. The van der Waals surface area contributed by atoms with Gasteiger partial charge in [0.2, 0.25) is 5.82 Å². The second-order valence-electron chi connectivity index (χ2n) is 5.81. The van der Waals surface area contributed by atoms with E-state index in [0.29, 0.717) is 23.9 Å². The Morgan fingerprint density at radius 1 is 1.24 bits per heavy atom. The first-order chi connectivity index (χ1) is 14.2. The number of nitrogens with one attached hydrogen (secondary N) is 1. The number of nitrogens with zero attached hydrogens (tertiary/aromatic N) is 5. The molecule has 0 radical (unpaired) electrons. The molecule has 29 heavy (non-hydrogen) atoms. The van der Waals surface area contributed by atoms with Crippen molar-refractivity contribution in [2.75, 3.05) is 13.7 Å². The van der Waals surface area contributed by atoms with Gasteiger partial charge in [0.25, 0.3) is 5.91 Å². The van der Waals surface area contributed by atoms with Crippen molar-refractivity contribution in [1.82, 2.24) is 25.6 Å². The van der Waals surface area contributed by atoms with E-state index in [0.717, 1.165) is 11.1 Å². The molecule has 0 saturated heterocycles. The first kappa shape index (κ1) is 19.7. The maximum Gasteiger partial charge on any atom is 0.263 e. The quantitative estimate of drug-likeness (QED) is 0.340. The molecule has 1 aromatic heterocycles. The lowest BCUT2D eigenvalue weighted by molar-refractivity contribution is -0.122. The van der Waals surface area contributed by atoms with Crippen LogP contribution in [0.15, 0.2) is 66.3 Å². The van der Waals surface area contributed by atoms with Crippen LogP contribution in [0.1, 0.15) is 5.56 Å². The zero-order valence-corrected chi connectivity index (χ0v) is 15.9. The summed E-state index contributed by atoms with van der Waals surface area (Å²) >= 11 is 0. The molecule has 0 unspecified atom stereocenters. The molecule has 1 N–H and O–H groups in total. The molecule has 0 aliphatic carbocycles. The fourth-order valence-electron chi connectivity index (χ4n) is 2.39. The van der Waals surface area contributed by atoms with Crippen LogP contribution in [-0.2, 0) is 11.3 Å². The van der Waals surface area contributed by atoms with E-state index in [2.05, 4.69) is 32.5 Å². The largest absolute Gasteiger partial charge is 0.493 e. The van der Waals surface area contributed by atoms with Gasteiger partial charge in [-0.05, 0) is 29.0 Å². The highest BCUT2D eigenvalue weighted by molar-refractivity contribution is 5.83. The molecule has 9 nitrogen and oxygen atoms in total. The Morgan fingerprint density at radius 3 is 2.83 bits per heavy atom. The Kier molecular flexibility index (Phi) is 6.66. The second kappa shape index (κ2) is 9.79. The van der Waals surface area contributed by atoms with E-state index in [1.54, 1.807) is 31.4 Å². The fourth-order valence-corrected chi connectivity index (χ4v) is 2.39. The van der Waals surface area contributed by atoms with E-state index in [1.165, 1.54) is 11.0 Å². The summed E-state index contributed by atoms with van der Waals surface area (Å²) in [7, 11) is 1.55. The molecule has 0 bridgehead atoms. The van der Waals surface area contributed by atoms with Crippen molar-refractivity contribution in [2.45, 2.75) is 6.54 Å². The van der Waals surface area contributed by atoms with Crippen LogP contribution in [0.25, 0.3) is 11.4 Å². The third-order valence-corrected chi connectivity index (χ3v) is 3.72. The molecule has 9 heteroatoms. The van der Waals surface area contributed by atoms with E-state index in [9.17, 15) is 4.79 Å². The summed E-state index contributed by atoms with van der Waals surface area (Å²) in [6, 6.07) is 14.7. The molecule has 0 fully saturated rings. The molecule has 0 aliphatic heterocycles. The van der Waals surface area contributed by atoms with Crippen molar-refractivity contribution in [3.63, 3.8) is 0 Å². The summed E-state index contributed by atoms with van der Waals surface area (Å²) in [5, 5.41) is 16.0. The molecule has 2 aromatic carbocycles. The molecule has 1 amide bonds. The van der Waals surface area contributed by atoms with E-state index < -0.39 is 0 Å². The van der Waals surface area contributed by atoms with E-state index in [4.69, 9.17) is 9.47 Å². The Hall–Kier alpha value is -4.01. The van der Waals surface area contributed by atoms with Gasteiger partial charge < -0.3 is 9.47 Å². The summed E-state index contributed by atoms with van der Waals surface area (Å²) in [5.74, 6) is 1.23. The number of benzene rings is 2. The highest BCUT2D eigenvalue weighted by Crippen LogP contribution is 2.27. The van der Waals surface area contributed by atoms with Gasteiger partial charge in [0.05, 0.1) is 13.3 Å². The predicted molar refractivity (Wildman–Crippen MR) is 108 cm³/mol. The predicted octanol–water partition coefficient (Wildman–Crippen LogP) is 2.06. The van der Waals surface area contributed by atoms with Gasteiger partial charge in [-0.3, -0.25) is 4.79 Å². The highest BCUT2D eigenvalue weighted by atomic mass is 16.5. The zero-order chi connectivity index (χ0) is 20.5. The van der Waals surface area contributed by atoms with Gasteiger partial charge in [0.1, 0.15) is 13.2 Å². The summed E-state index contributed by atoms with van der Waals surface area (Å²) in [6.45, 7) is 3.89. The number of methoxy groups -OCH3 is 1.